The molecule has 2 rings (SSSR count). The van der Waals surface area contributed by atoms with Gasteiger partial charge in [0.25, 0.3) is 0 Å². The maximum atomic E-state index is 3.57. The zero-order chi connectivity index (χ0) is 6.97. The van der Waals surface area contributed by atoms with Crippen molar-refractivity contribution in [3.63, 3.8) is 0 Å². The fourth-order valence-electron chi connectivity index (χ4n) is 1.77. The van der Waals surface area contributed by atoms with Crippen molar-refractivity contribution in [1.82, 2.24) is 10.6 Å². The van der Waals surface area contributed by atoms with Crippen LogP contribution in [0.1, 0.15) is 19.8 Å². The number of hydrogen-bond acceptors (Lipinski definition) is 2. The van der Waals surface area contributed by atoms with Crippen LogP contribution in [-0.2, 0) is 0 Å². The minimum absolute atomic E-state index is 0.796. The summed E-state index contributed by atoms with van der Waals surface area (Å²) in [6.45, 7) is 4.70. The largest absolute Gasteiger partial charge is 0.312 e. The van der Waals surface area contributed by atoms with Gasteiger partial charge in [-0.3, -0.25) is 0 Å². The Kier molecular flexibility index (Phi) is 1.66. The Morgan fingerprint density at radius 3 is 1.90 bits per heavy atom. The van der Waals surface area contributed by atoms with E-state index in [0.29, 0.717) is 0 Å². The molecule has 1 aliphatic heterocycles. The second-order valence-electron chi connectivity index (χ2n) is 3.71. The molecule has 1 heterocycles. The van der Waals surface area contributed by atoms with Crippen LogP contribution >= 0.6 is 0 Å². The molecule has 1 saturated carbocycles. The zero-order valence-corrected chi connectivity index (χ0v) is 6.56. The van der Waals surface area contributed by atoms with Crippen LogP contribution in [0.4, 0.5) is 0 Å². The molecule has 1 aliphatic carbocycles. The first kappa shape index (κ1) is 6.62. The summed E-state index contributed by atoms with van der Waals surface area (Å²) in [5.74, 6) is 0.811. The second-order valence-corrected chi connectivity index (χ2v) is 3.71. The van der Waals surface area contributed by atoms with Gasteiger partial charge in [0.1, 0.15) is 0 Å². The number of fused-ring (bicyclic) bond motifs is 1. The summed E-state index contributed by atoms with van der Waals surface area (Å²) in [6, 6.07) is 1.59. The van der Waals surface area contributed by atoms with Gasteiger partial charge in [-0.05, 0) is 31.8 Å². The van der Waals surface area contributed by atoms with Crippen molar-refractivity contribution in [1.29, 1.82) is 0 Å². The standard InChI is InChI=1S/C8H16N2/c1-6-4-9-7-2-3-8(7)10-5-6/h6-10H,2-5H2,1H3/t6?,7-,8+. The summed E-state index contributed by atoms with van der Waals surface area (Å²) in [5, 5.41) is 7.14. The molecule has 58 valence electrons. The summed E-state index contributed by atoms with van der Waals surface area (Å²) < 4.78 is 0. The average molecular weight is 140 g/mol. The molecular formula is C8H16N2. The molecule has 10 heavy (non-hydrogen) atoms. The molecule has 0 radical (unpaired) electrons. The highest BCUT2D eigenvalue weighted by molar-refractivity contribution is 4.94. The van der Waals surface area contributed by atoms with Gasteiger partial charge < -0.3 is 10.6 Å². The molecule has 0 spiro atoms. The first-order valence-electron chi connectivity index (χ1n) is 4.33. The van der Waals surface area contributed by atoms with Crippen molar-refractivity contribution in [2.24, 2.45) is 5.92 Å². The summed E-state index contributed by atoms with van der Waals surface area (Å²) in [7, 11) is 0. The van der Waals surface area contributed by atoms with E-state index in [9.17, 15) is 0 Å². The minimum Gasteiger partial charge on any atom is -0.312 e. The lowest BCUT2D eigenvalue weighted by Gasteiger charge is -2.35. The fraction of sp³-hybridized carbons (Fsp3) is 1.00. The summed E-state index contributed by atoms with van der Waals surface area (Å²) in [5.41, 5.74) is 0. The third-order valence-corrected chi connectivity index (χ3v) is 2.73. The van der Waals surface area contributed by atoms with Crippen LogP contribution in [0.15, 0.2) is 0 Å². The van der Waals surface area contributed by atoms with E-state index in [4.69, 9.17) is 0 Å². The Bertz CT molecular complexity index is 110. The van der Waals surface area contributed by atoms with Gasteiger partial charge in [0.05, 0.1) is 0 Å². The van der Waals surface area contributed by atoms with Crippen LogP contribution in [0.3, 0.4) is 0 Å². The van der Waals surface area contributed by atoms with Gasteiger partial charge in [0.15, 0.2) is 0 Å². The molecule has 0 aromatic heterocycles. The summed E-state index contributed by atoms with van der Waals surface area (Å²) in [6.07, 6.45) is 2.76. The lowest BCUT2D eigenvalue weighted by Crippen LogP contribution is -2.52. The molecule has 0 amide bonds. The Morgan fingerprint density at radius 2 is 1.50 bits per heavy atom. The van der Waals surface area contributed by atoms with Crippen molar-refractivity contribution >= 4 is 0 Å². The maximum absolute atomic E-state index is 3.57. The Balaban J connectivity index is 1.91. The van der Waals surface area contributed by atoms with Gasteiger partial charge in [0.2, 0.25) is 0 Å². The van der Waals surface area contributed by atoms with Crippen LogP contribution in [0.25, 0.3) is 0 Å². The zero-order valence-electron chi connectivity index (χ0n) is 6.56. The van der Waals surface area contributed by atoms with E-state index < -0.39 is 0 Å². The lowest BCUT2D eigenvalue weighted by molar-refractivity contribution is 0.264. The topological polar surface area (TPSA) is 24.1 Å². The molecule has 3 atom stereocenters. The highest BCUT2D eigenvalue weighted by Gasteiger charge is 2.32. The molecule has 0 bridgehead atoms. The van der Waals surface area contributed by atoms with Gasteiger partial charge in [0, 0.05) is 12.1 Å². The predicted molar refractivity (Wildman–Crippen MR) is 42.0 cm³/mol. The van der Waals surface area contributed by atoms with Crippen molar-refractivity contribution in [2.75, 3.05) is 13.1 Å². The van der Waals surface area contributed by atoms with Gasteiger partial charge in [-0.15, -0.1) is 0 Å². The number of nitrogens with one attached hydrogen (secondary N) is 2. The molecule has 1 unspecified atom stereocenters. The molecule has 0 aromatic carbocycles. The lowest BCUT2D eigenvalue weighted by atomic mass is 9.87. The first-order valence-corrected chi connectivity index (χ1v) is 4.33. The highest BCUT2D eigenvalue weighted by Crippen LogP contribution is 2.21. The van der Waals surface area contributed by atoms with E-state index in [1.54, 1.807) is 0 Å². The minimum atomic E-state index is 0.796. The molecular weight excluding hydrogens is 124 g/mol. The summed E-state index contributed by atoms with van der Waals surface area (Å²) in [4.78, 5) is 0. The Hall–Kier alpha value is -0.0800. The maximum Gasteiger partial charge on any atom is 0.0221 e. The van der Waals surface area contributed by atoms with E-state index in [1.807, 2.05) is 0 Å². The Morgan fingerprint density at radius 1 is 1.00 bits per heavy atom. The third-order valence-electron chi connectivity index (χ3n) is 2.73. The van der Waals surface area contributed by atoms with Crippen molar-refractivity contribution in [2.45, 2.75) is 31.8 Å². The van der Waals surface area contributed by atoms with Crippen LogP contribution in [0, 0.1) is 5.92 Å². The Labute approximate surface area is 62.4 Å². The normalized spacial score (nSPS) is 47.1. The average Bonchev–Trinajstić information content (AvgIpc) is 1.94. The van der Waals surface area contributed by atoms with E-state index in [0.717, 1.165) is 18.0 Å². The molecule has 2 fully saturated rings. The fourth-order valence-corrected chi connectivity index (χ4v) is 1.77. The smallest absolute Gasteiger partial charge is 0.0221 e. The number of hydrogen-bond donors (Lipinski definition) is 2. The first-order chi connectivity index (χ1) is 4.86. The van der Waals surface area contributed by atoms with Crippen LogP contribution in [0.2, 0.25) is 0 Å². The van der Waals surface area contributed by atoms with E-state index in [-0.39, 0.29) is 0 Å². The highest BCUT2D eigenvalue weighted by atomic mass is 15.1. The molecule has 1 saturated heterocycles. The van der Waals surface area contributed by atoms with Crippen molar-refractivity contribution < 1.29 is 0 Å². The second kappa shape index (κ2) is 2.51. The monoisotopic (exact) mass is 140 g/mol. The van der Waals surface area contributed by atoms with Crippen LogP contribution in [0.5, 0.6) is 0 Å². The molecule has 2 aliphatic rings. The van der Waals surface area contributed by atoms with Gasteiger partial charge >= 0.3 is 0 Å². The third kappa shape index (κ3) is 1.06. The van der Waals surface area contributed by atoms with Crippen LogP contribution in [-0.4, -0.2) is 25.2 Å². The van der Waals surface area contributed by atoms with Crippen LogP contribution < -0.4 is 10.6 Å². The van der Waals surface area contributed by atoms with Crippen molar-refractivity contribution in [3.05, 3.63) is 0 Å². The van der Waals surface area contributed by atoms with Gasteiger partial charge in [-0.1, -0.05) is 6.92 Å². The predicted octanol–water partition coefficient (Wildman–Crippen LogP) is 0.346. The number of rotatable bonds is 0. The van der Waals surface area contributed by atoms with Crippen molar-refractivity contribution in [3.8, 4) is 0 Å². The molecule has 0 aromatic rings. The quantitative estimate of drug-likeness (QED) is 0.507. The van der Waals surface area contributed by atoms with Gasteiger partial charge in [-0.2, -0.15) is 0 Å². The molecule has 2 nitrogen and oxygen atoms in total. The van der Waals surface area contributed by atoms with E-state index >= 15 is 0 Å². The van der Waals surface area contributed by atoms with E-state index in [1.165, 1.54) is 25.9 Å². The molecule has 2 heteroatoms. The SMILES string of the molecule is CC1CN[C@H]2CC[C@H]2NC1. The van der Waals surface area contributed by atoms with Gasteiger partial charge in [-0.25, -0.2) is 0 Å². The summed E-state index contributed by atoms with van der Waals surface area (Å²) >= 11 is 0. The molecule has 2 N–H and O–H groups in total. The van der Waals surface area contributed by atoms with E-state index in [2.05, 4.69) is 17.6 Å².